The summed E-state index contributed by atoms with van der Waals surface area (Å²) in [5, 5.41) is 0. The second-order valence-corrected chi connectivity index (χ2v) is 4.15. The largest absolute Gasteiger partial charge is 1.00 e. The van der Waals surface area contributed by atoms with Crippen LogP contribution in [-0.2, 0) is 22.3 Å². The van der Waals surface area contributed by atoms with E-state index in [2.05, 4.69) is 8.62 Å². The van der Waals surface area contributed by atoms with E-state index < -0.39 is 24.3 Å². The van der Waals surface area contributed by atoms with Crippen LogP contribution in [0.4, 0.5) is 0 Å². The van der Waals surface area contributed by atoms with Gasteiger partial charge in [-0.25, -0.2) is 0 Å². The van der Waals surface area contributed by atoms with Crippen LogP contribution in [0, 0.1) is 0 Å². The van der Waals surface area contributed by atoms with Crippen molar-refractivity contribution in [2.24, 2.45) is 0 Å². The average molecular weight is 354 g/mol. The van der Waals surface area contributed by atoms with E-state index >= 15 is 0 Å². The third kappa shape index (κ3) is 24.5. The zero-order valence-electron chi connectivity index (χ0n) is 7.61. The van der Waals surface area contributed by atoms with E-state index in [-0.39, 0.29) is 162 Å². The van der Waals surface area contributed by atoms with Crippen LogP contribution in [0.15, 0.2) is 0 Å². The van der Waals surface area contributed by atoms with Gasteiger partial charge in [0.2, 0.25) is 0 Å². The summed E-state index contributed by atoms with van der Waals surface area (Å²) < 4.78 is 35.4. The second-order valence-electron chi connectivity index (χ2n) is 1.06. The van der Waals surface area contributed by atoms with Gasteiger partial charge in [-0.1, -0.05) is 16.0 Å². The standard InChI is InChI=1S/CH4.3K.HO8P3/c;;;;1-9(2)7-11(5,6)8-10(3)4/h1H4;;;;(H,5,6)/q;3*+1;/p-1. The molecule has 0 aromatic carbocycles. The number of rotatable bonds is 4. The molecule has 14 heteroatoms. The molecule has 72 valence electrons. The van der Waals surface area contributed by atoms with Crippen molar-refractivity contribution in [3.05, 3.63) is 0 Å². The van der Waals surface area contributed by atoms with Crippen molar-refractivity contribution < 1.29 is 191 Å². The summed E-state index contributed by atoms with van der Waals surface area (Å²) in [5.41, 5.74) is 0. The molecular weight excluding hydrogens is 350 g/mol. The molecule has 0 bridgehead atoms. The van der Waals surface area contributed by atoms with Crippen LogP contribution in [0.25, 0.3) is 0 Å². The molecule has 0 rings (SSSR count). The third-order valence-electron chi connectivity index (χ3n) is 0.333. The van der Waals surface area contributed by atoms with Crippen molar-refractivity contribution in [3.8, 4) is 0 Å². The Bertz CT molecular complexity index is 211. The van der Waals surface area contributed by atoms with Crippen molar-refractivity contribution in [2.75, 3.05) is 0 Å². The quantitative estimate of drug-likeness (QED) is 0.358. The zero-order valence-corrected chi connectivity index (χ0v) is 19.7. The fraction of sp³-hybridized carbons (Fsp3) is 1.00. The first-order chi connectivity index (χ1) is 4.83. The summed E-state index contributed by atoms with van der Waals surface area (Å²) in [4.78, 5) is 29.2. The van der Waals surface area contributed by atoms with E-state index in [0.29, 0.717) is 0 Å². The molecule has 0 spiro atoms. The molecule has 0 aliphatic carbocycles. The van der Waals surface area contributed by atoms with Gasteiger partial charge in [0.05, 0.1) is 0 Å². The minimum Gasteiger partial charge on any atom is -0.750 e. The van der Waals surface area contributed by atoms with Crippen LogP contribution in [0.1, 0.15) is 7.43 Å². The Hall–Kier alpha value is 5.14. The average Bonchev–Trinajstić information content (AvgIpc) is 1.53. The smallest absolute Gasteiger partial charge is 0.750 e. The Balaban J connectivity index is -0.0000000833. The van der Waals surface area contributed by atoms with Crippen molar-refractivity contribution in [1.29, 1.82) is 0 Å². The van der Waals surface area contributed by atoms with Crippen LogP contribution < -0.4 is 169 Å². The first kappa shape index (κ1) is 32.2. The third-order valence-corrected chi connectivity index (χ3v) is 3.00. The van der Waals surface area contributed by atoms with Crippen molar-refractivity contribution in [3.63, 3.8) is 0 Å². The molecule has 2 unspecified atom stereocenters. The van der Waals surface area contributed by atoms with Gasteiger partial charge in [0.1, 0.15) is 0 Å². The van der Waals surface area contributed by atoms with E-state index in [9.17, 15) is 28.4 Å². The summed E-state index contributed by atoms with van der Waals surface area (Å²) in [6.45, 7) is 0. The predicted molar refractivity (Wildman–Crippen MR) is 31.7 cm³/mol. The summed E-state index contributed by atoms with van der Waals surface area (Å²) in [7, 11) is -12.6. The monoisotopic (exact) mass is 354 g/mol. The van der Waals surface area contributed by atoms with Crippen molar-refractivity contribution >= 4 is 24.3 Å². The van der Waals surface area contributed by atoms with E-state index in [1.807, 2.05) is 0 Å². The maximum atomic E-state index is 10.1. The molecule has 0 aromatic rings. The molecule has 0 saturated carbocycles. The summed E-state index contributed by atoms with van der Waals surface area (Å²) in [5.74, 6) is 0. The van der Waals surface area contributed by atoms with Gasteiger partial charge in [0.25, 0.3) is 0 Å². The van der Waals surface area contributed by atoms with Gasteiger partial charge in [0.15, 0.2) is 0 Å². The van der Waals surface area contributed by atoms with E-state index in [0.717, 1.165) is 0 Å². The minimum absolute atomic E-state index is 0. The molecule has 0 amide bonds. The van der Waals surface area contributed by atoms with Gasteiger partial charge >= 0.3 is 178 Å². The van der Waals surface area contributed by atoms with Gasteiger partial charge in [-0.3, -0.25) is 4.57 Å². The Morgan fingerprint density at radius 3 is 1.27 bits per heavy atom. The zero-order chi connectivity index (χ0) is 9.07. The topological polar surface area (TPSA) is 139 Å². The van der Waals surface area contributed by atoms with Crippen LogP contribution in [0.3, 0.4) is 0 Å². The van der Waals surface area contributed by atoms with Crippen LogP contribution in [0.5, 0.6) is 0 Å². The van der Waals surface area contributed by atoms with Gasteiger partial charge in [0, 0.05) is 0 Å². The van der Waals surface area contributed by atoms with E-state index in [1.165, 1.54) is 0 Å². The predicted octanol–water partition coefficient (Wildman–Crippen LogP) is -9.83. The maximum Gasteiger partial charge on any atom is 1.00 e. The molecule has 2 atom stereocenters. The molecule has 0 aliphatic heterocycles. The summed E-state index contributed by atoms with van der Waals surface area (Å²) >= 11 is 0. The van der Waals surface area contributed by atoms with Gasteiger partial charge in [-0.2, -0.15) is 0 Å². The second kappa shape index (κ2) is 17.2. The normalized spacial score (nSPS) is 13.8. The number of phosphoric acid groups is 1. The minimum atomic E-state index is -5.25. The molecule has 0 fully saturated rings. The van der Waals surface area contributed by atoms with Crippen LogP contribution >= 0.6 is 24.3 Å². The first-order valence-corrected chi connectivity index (χ1v) is 5.48. The molecule has 8 nitrogen and oxygen atoms in total. The van der Waals surface area contributed by atoms with Crippen molar-refractivity contribution in [1.82, 2.24) is 0 Å². The molecule has 0 aliphatic rings. The Morgan fingerprint density at radius 2 is 1.13 bits per heavy atom. The van der Waals surface area contributed by atoms with Gasteiger partial charge in [-0.15, -0.1) is 0 Å². The van der Waals surface area contributed by atoms with Gasteiger partial charge < -0.3 is 14.7 Å². The SMILES string of the molecule is C.O=[P+]([O-])OP(=O)([O-])O[P+](=O)[O-].[K+].[K+].[K+]. The van der Waals surface area contributed by atoms with E-state index in [4.69, 9.17) is 0 Å². The van der Waals surface area contributed by atoms with Crippen LogP contribution in [0.2, 0.25) is 0 Å². The van der Waals surface area contributed by atoms with Crippen molar-refractivity contribution in [2.45, 2.75) is 7.43 Å². The fourth-order valence-corrected chi connectivity index (χ4v) is 1.87. The molecule has 15 heavy (non-hydrogen) atoms. The summed E-state index contributed by atoms with van der Waals surface area (Å²) in [6.07, 6.45) is 0. The molecule has 0 saturated heterocycles. The molecule has 0 aromatic heterocycles. The Kier molecular flexibility index (Phi) is 36.9. The number of hydrogen-bond donors (Lipinski definition) is 0. The summed E-state index contributed by atoms with van der Waals surface area (Å²) in [6, 6.07) is 0. The fourth-order valence-electron chi connectivity index (χ4n) is 0.178. The van der Waals surface area contributed by atoms with Gasteiger partial charge in [-0.05, 0) is 9.13 Å². The Labute approximate surface area is 216 Å². The molecular formula is CH4K3O8P3+2. The Morgan fingerprint density at radius 1 is 0.933 bits per heavy atom. The molecule has 0 heterocycles. The van der Waals surface area contributed by atoms with Crippen LogP contribution in [-0.4, -0.2) is 0 Å². The van der Waals surface area contributed by atoms with E-state index in [1.54, 1.807) is 0 Å². The number of hydrogen-bond acceptors (Lipinski definition) is 8. The first-order valence-electron chi connectivity index (χ1n) is 1.83. The molecule has 0 N–H and O–H groups in total. The molecule has 0 radical (unpaired) electrons. The maximum absolute atomic E-state index is 10.1.